The minimum absolute atomic E-state index is 0.127. The minimum Gasteiger partial charge on any atom is -0.475 e. The van der Waals surface area contributed by atoms with Crippen LogP contribution in [0.4, 0.5) is 0 Å². The number of pyridine rings is 1. The van der Waals surface area contributed by atoms with E-state index >= 15 is 0 Å². The van der Waals surface area contributed by atoms with Gasteiger partial charge in [0.25, 0.3) is 5.89 Å². The van der Waals surface area contributed by atoms with E-state index < -0.39 is 0 Å². The smallest absolute Gasteiger partial charge is 0.258 e. The molecular formula is C15H19N3O3. The van der Waals surface area contributed by atoms with Gasteiger partial charge in [0, 0.05) is 30.4 Å². The predicted octanol–water partition coefficient (Wildman–Crippen LogP) is 2.81. The molecule has 1 aliphatic rings. The van der Waals surface area contributed by atoms with Crippen LogP contribution in [-0.2, 0) is 4.74 Å². The molecule has 0 spiro atoms. The monoisotopic (exact) mass is 289 g/mol. The van der Waals surface area contributed by atoms with E-state index in [9.17, 15) is 0 Å². The minimum atomic E-state index is 0.127. The quantitative estimate of drug-likeness (QED) is 0.843. The molecule has 2 aromatic heterocycles. The van der Waals surface area contributed by atoms with E-state index in [1.54, 1.807) is 6.20 Å². The molecule has 0 bridgehead atoms. The summed E-state index contributed by atoms with van der Waals surface area (Å²) >= 11 is 0. The molecule has 2 aromatic rings. The summed E-state index contributed by atoms with van der Waals surface area (Å²) < 4.78 is 16.4. The Kier molecular flexibility index (Phi) is 4.15. The van der Waals surface area contributed by atoms with Gasteiger partial charge in [0.1, 0.15) is 0 Å². The highest BCUT2D eigenvalue weighted by atomic mass is 16.5. The zero-order valence-electron chi connectivity index (χ0n) is 12.3. The maximum Gasteiger partial charge on any atom is 0.258 e. The lowest BCUT2D eigenvalue weighted by Gasteiger charge is -2.11. The lowest BCUT2D eigenvalue weighted by molar-refractivity contribution is 0.192. The van der Waals surface area contributed by atoms with Crippen molar-refractivity contribution in [1.29, 1.82) is 0 Å². The van der Waals surface area contributed by atoms with Gasteiger partial charge in [-0.05, 0) is 25.8 Å². The fourth-order valence-electron chi connectivity index (χ4n) is 2.15. The van der Waals surface area contributed by atoms with Gasteiger partial charge in [-0.25, -0.2) is 4.98 Å². The Morgan fingerprint density at radius 1 is 1.48 bits per heavy atom. The highest BCUT2D eigenvalue weighted by Crippen LogP contribution is 2.26. The average molecular weight is 289 g/mol. The summed E-state index contributed by atoms with van der Waals surface area (Å²) in [6.07, 6.45) is 3.69. The fourth-order valence-corrected chi connectivity index (χ4v) is 2.15. The predicted molar refractivity (Wildman–Crippen MR) is 76.1 cm³/mol. The zero-order chi connectivity index (χ0) is 14.7. The van der Waals surface area contributed by atoms with Crippen LogP contribution >= 0.6 is 0 Å². The lowest BCUT2D eigenvalue weighted by Crippen LogP contribution is -2.10. The van der Waals surface area contributed by atoms with Gasteiger partial charge in [-0.3, -0.25) is 0 Å². The topological polar surface area (TPSA) is 70.3 Å². The molecule has 3 rings (SSSR count). The van der Waals surface area contributed by atoms with E-state index in [1.807, 2.05) is 19.1 Å². The largest absolute Gasteiger partial charge is 0.475 e. The summed E-state index contributed by atoms with van der Waals surface area (Å²) in [7, 11) is 0. The Balaban J connectivity index is 1.78. The summed E-state index contributed by atoms with van der Waals surface area (Å²) in [4.78, 5) is 8.67. The summed E-state index contributed by atoms with van der Waals surface area (Å²) in [5.74, 6) is 2.02. The van der Waals surface area contributed by atoms with Crippen molar-refractivity contribution in [2.75, 3.05) is 13.2 Å². The zero-order valence-corrected chi connectivity index (χ0v) is 12.3. The van der Waals surface area contributed by atoms with Crippen LogP contribution in [0.5, 0.6) is 5.88 Å². The Bertz CT molecular complexity index is 593. The molecule has 0 saturated carbocycles. The van der Waals surface area contributed by atoms with Gasteiger partial charge in [0.15, 0.2) is 5.82 Å². The maximum absolute atomic E-state index is 5.71. The molecular weight excluding hydrogens is 270 g/mol. The van der Waals surface area contributed by atoms with E-state index in [1.165, 1.54) is 0 Å². The highest BCUT2D eigenvalue weighted by Gasteiger charge is 2.23. The molecule has 1 fully saturated rings. The van der Waals surface area contributed by atoms with E-state index in [2.05, 4.69) is 22.0 Å². The Hall–Kier alpha value is -1.95. The molecule has 0 aromatic carbocycles. The van der Waals surface area contributed by atoms with Gasteiger partial charge in [-0.2, -0.15) is 4.98 Å². The van der Waals surface area contributed by atoms with Crippen molar-refractivity contribution in [3.8, 4) is 17.3 Å². The molecule has 21 heavy (non-hydrogen) atoms. The van der Waals surface area contributed by atoms with Gasteiger partial charge in [-0.15, -0.1) is 0 Å². The molecule has 0 unspecified atom stereocenters. The van der Waals surface area contributed by atoms with Crippen LogP contribution in [0.15, 0.2) is 22.9 Å². The van der Waals surface area contributed by atoms with Crippen molar-refractivity contribution in [3.63, 3.8) is 0 Å². The van der Waals surface area contributed by atoms with Crippen molar-refractivity contribution in [2.45, 2.75) is 38.7 Å². The normalized spacial score (nSPS) is 19.6. The van der Waals surface area contributed by atoms with E-state index in [-0.39, 0.29) is 12.0 Å². The second kappa shape index (κ2) is 6.22. The van der Waals surface area contributed by atoms with Gasteiger partial charge in [-0.1, -0.05) is 12.1 Å². The van der Waals surface area contributed by atoms with Gasteiger partial charge in [0.05, 0.1) is 12.7 Å². The van der Waals surface area contributed by atoms with Crippen molar-refractivity contribution in [2.24, 2.45) is 0 Å². The Morgan fingerprint density at radius 3 is 3.14 bits per heavy atom. The number of hydrogen-bond donors (Lipinski definition) is 0. The van der Waals surface area contributed by atoms with Crippen LogP contribution in [0.1, 0.15) is 38.4 Å². The van der Waals surface area contributed by atoms with Crippen molar-refractivity contribution < 1.29 is 14.0 Å². The molecule has 112 valence electrons. The fraction of sp³-hybridized carbons (Fsp3) is 0.533. The number of aromatic nitrogens is 3. The molecule has 3 heterocycles. The molecule has 1 saturated heterocycles. The second-order valence-electron chi connectivity index (χ2n) is 5.24. The average Bonchev–Trinajstić information content (AvgIpc) is 3.18. The number of ether oxygens (including phenoxy) is 2. The van der Waals surface area contributed by atoms with Crippen LogP contribution in [0.25, 0.3) is 11.5 Å². The lowest BCUT2D eigenvalue weighted by atomic mass is 10.1. The second-order valence-corrected chi connectivity index (χ2v) is 5.24. The van der Waals surface area contributed by atoms with Gasteiger partial charge < -0.3 is 14.0 Å². The molecule has 6 nitrogen and oxygen atoms in total. The number of hydrogen-bond acceptors (Lipinski definition) is 6. The standard InChI is InChI=1S/C15H19N3O3/c1-3-10(2)20-13-8-11(4-6-16-13)15-17-14(18-21-15)12-5-7-19-9-12/h4,6,8,10,12H,3,5,7,9H2,1-2H3/t10-,12+/m1/s1. The Morgan fingerprint density at radius 2 is 2.38 bits per heavy atom. The molecule has 1 aliphatic heterocycles. The first-order valence-electron chi connectivity index (χ1n) is 7.30. The number of nitrogens with zero attached hydrogens (tertiary/aromatic N) is 3. The van der Waals surface area contributed by atoms with E-state index in [4.69, 9.17) is 14.0 Å². The third-order valence-corrected chi connectivity index (χ3v) is 3.62. The van der Waals surface area contributed by atoms with Crippen molar-refractivity contribution in [3.05, 3.63) is 24.2 Å². The molecule has 0 amide bonds. The summed E-state index contributed by atoms with van der Waals surface area (Å²) in [5.41, 5.74) is 0.820. The van der Waals surface area contributed by atoms with Crippen LogP contribution in [0.2, 0.25) is 0 Å². The van der Waals surface area contributed by atoms with Crippen molar-refractivity contribution in [1.82, 2.24) is 15.1 Å². The third kappa shape index (κ3) is 3.21. The molecule has 0 aliphatic carbocycles. The first kappa shape index (κ1) is 14.0. The summed E-state index contributed by atoms with van der Waals surface area (Å²) in [6, 6.07) is 3.67. The van der Waals surface area contributed by atoms with Crippen LogP contribution < -0.4 is 4.74 Å². The molecule has 0 radical (unpaired) electrons. The van der Waals surface area contributed by atoms with E-state index in [0.717, 1.165) is 25.0 Å². The maximum atomic E-state index is 5.71. The van der Waals surface area contributed by atoms with Gasteiger partial charge >= 0.3 is 0 Å². The van der Waals surface area contributed by atoms with Gasteiger partial charge in [0.2, 0.25) is 5.88 Å². The van der Waals surface area contributed by atoms with E-state index in [0.29, 0.717) is 24.2 Å². The Labute approximate surface area is 123 Å². The summed E-state index contributed by atoms with van der Waals surface area (Å²) in [6.45, 7) is 5.51. The molecule has 6 heteroatoms. The third-order valence-electron chi connectivity index (χ3n) is 3.62. The van der Waals surface area contributed by atoms with Crippen molar-refractivity contribution >= 4 is 0 Å². The van der Waals surface area contributed by atoms with Crippen LogP contribution in [0.3, 0.4) is 0 Å². The molecule has 0 N–H and O–H groups in total. The summed E-state index contributed by atoms with van der Waals surface area (Å²) in [5, 5.41) is 4.05. The van der Waals surface area contributed by atoms with Crippen LogP contribution in [0, 0.1) is 0 Å². The SMILES string of the molecule is CC[C@@H](C)Oc1cc(-c2nc([C@H]3CCOC3)no2)ccn1. The van der Waals surface area contributed by atoms with Crippen LogP contribution in [-0.4, -0.2) is 34.4 Å². The first-order chi connectivity index (χ1) is 10.3. The highest BCUT2D eigenvalue weighted by molar-refractivity contribution is 5.53. The first-order valence-corrected chi connectivity index (χ1v) is 7.30. The molecule has 2 atom stereocenters. The number of rotatable bonds is 5.